The number of hydrogen-bond donors (Lipinski definition) is 1. The zero-order valence-electron chi connectivity index (χ0n) is 8.62. The smallest absolute Gasteiger partial charge is 0.123 e. The summed E-state index contributed by atoms with van der Waals surface area (Å²) in [7, 11) is 0. The van der Waals surface area contributed by atoms with Crippen molar-refractivity contribution >= 4 is 0 Å². The third-order valence-corrected chi connectivity index (χ3v) is 4.09. The molecule has 0 aromatic heterocycles. The quantitative estimate of drug-likeness (QED) is 0.788. The van der Waals surface area contributed by atoms with Gasteiger partial charge in [0.25, 0.3) is 0 Å². The van der Waals surface area contributed by atoms with Gasteiger partial charge >= 0.3 is 0 Å². The highest BCUT2D eigenvalue weighted by Crippen LogP contribution is 2.61. The van der Waals surface area contributed by atoms with Crippen molar-refractivity contribution in [2.75, 3.05) is 0 Å². The molecule has 2 unspecified atom stereocenters. The number of benzene rings is 1. The highest BCUT2D eigenvalue weighted by molar-refractivity contribution is 5.25. The summed E-state index contributed by atoms with van der Waals surface area (Å²) in [6, 6.07) is 6.50. The fourth-order valence-electron chi connectivity index (χ4n) is 3.24. The van der Waals surface area contributed by atoms with Crippen LogP contribution in [0.15, 0.2) is 24.3 Å². The van der Waals surface area contributed by atoms with E-state index in [4.69, 9.17) is 0 Å². The molecule has 2 atom stereocenters. The van der Waals surface area contributed by atoms with Gasteiger partial charge in [-0.1, -0.05) is 18.6 Å². The molecule has 1 aromatic carbocycles. The minimum Gasteiger partial charge on any atom is -0.389 e. The molecule has 0 bridgehead atoms. The number of hydrogen-bond acceptors (Lipinski definition) is 1. The summed E-state index contributed by atoms with van der Waals surface area (Å²) < 4.78 is 12.7. The number of rotatable bonds is 2. The maximum absolute atomic E-state index is 12.7. The Balaban J connectivity index is 1.74. The standard InChI is InChI=1S/C13H15FO/c14-10-6-4-9(5-7-10)8-13(15)11-2-1-3-12(11)13/h4-7,11-12,15H,1-3,8H2. The summed E-state index contributed by atoms with van der Waals surface area (Å²) in [5.41, 5.74) is 0.587. The van der Waals surface area contributed by atoms with Crippen molar-refractivity contribution in [1.29, 1.82) is 0 Å². The summed E-state index contributed by atoms with van der Waals surface area (Å²) in [4.78, 5) is 0. The molecule has 2 heteroatoms. The fraction of sp³-hybridized carbons (Fsp3) is 0.538. The molecule has 80 valence electrons. The summed E-state index contributed by atoms with van der Waals surface area (Å²) in [6.07, 6.45) is 4.30. The van der Waals surface area contributed by atoms with Gasteiger partial charge < -0.3 is 5.11 Å². The highest BCUT2D eigenvalue weighted by Gasteiger charge is 2.64. The topological polar surface area (TPSA) is 20.2 Å². The van der Waals surface area contributed by atoms with Crippen molar-refractivity contribution in [2.24, 2.45) is 11.8 Å². The van der Waals surface area contributed by atoms with E-state index in [1.54, 1.807) is 12.1 Å². The number of fused-ring (bicyclic) bond motifs is 1. The van der Waals surface area contributed by atoms with Crippen molar-refractivity contribution in [3.05, 3.63) is 35.6 Å². The second kappa shape index (κ2) is 3.05. The summed E-state index contributed by atoms with van der Waals surface area (Å²) in [6.45, 7) is 0. The average Bonchev–Trinajstić information content (AvgIpc) is 2.67. The van der Waals surface area contributed by atoms with Crippen LogP contribution in [0.1, 0.15) is 24.8 Å². The zero-order chi connectivity index (χ0) is 10.5. The van der Waals surface area contributed by atoms with Gasteiger partial charge in [-0.15, -0.1) is 0 Å². The van der Waals surface area contributed by atoms with Crippen LogP contribution in [0, 0.1) is 17.7 Å². The van der Waals surface area contributed by atoms with E-state index in [0.717, 1.165) is 5.56 Å². The zero-order valence-corrected chi connectivity index (χ0v) is 8.62. The maximum Gasteiger partial charge on any atom is 0.123 e. The van der Waals surface area contributed by atoms with Gasteiger partial charge in [0.2, 0.25) is 0 Å². The second-order valence-corrected chi connectivity index (χ2v) is 4.94. The molecule has 0 saturated heterocycles. The monoisotopic (exact) mass is 206 g/mol. The van der Waals surface area contributed by atoms with Crippen molar-refractivity contribution in [3.63, 3.8) is 0 Å². The van der Waals surface area contributed by atoms with Gasteiger partial charge in [-0.05, 0) is 42.4 Å². The minimum absolute atomic E-state index is 0.207. The second-order valence-electron chi connectivity index (χ2n) is 4.94. The summed E-state index contributed by atoms with van der Waals surface area (Å²) in [5, 5.41) is 10.3. The number of aliphatic hydroxyl groups is 1. The molecule has 2 saturated carbocycles. The van der Waals surface area contributed by atoms with Crippen LogP contribution in [0.2, 0.25) is 0 Å². The first kappa shape index (κ1) is 9.34. The molecule has 0 heterocycles. The lowest BCUT2D eigenvalue weighted by Crippen LogP contribution is -2.19. The maximum atomic E-state index is 12.7. The Kier molecular flexibility index (Phi) is 1.90. The van der Waals surface area contributed by atoms with Gasteiger partial charge in [0.05, 0.1) is 5.60 Å². The first-order valence-corrected chi connectivity index (χ1v) is 5.67. The predicted molar refractivity (Wildman–Crippen MR) is 55.9 cm³/mol. The Labute approximate surface area is 88.9 Å². The van der Waals surface area contributed by atoms with Crippen LogP contribution in [0.5, 0.6) is 0 Å². The lowest BCUT2D eigenvalue weighted by Gasteiger charge is -2.13. The molecule has 1 nitrogen and oxygen atoms in total. The third kappa shape index (κ3) is 1.39. The summed E-state index contributed by atoms with van der Waals surface area (Å²) >= 11 is 0. The molecule has 0 spiro atoms. The minimum atomic E-state index is -0.462. The summed E-state index contributed by atoms with van der Waals surface area (Å²) in [5.74, 6) is 0.826. The van der Waals surface area contributed by atoms with Gasteiger partial charge in [-0.25, -0.2) is 4.39 Å². The van der Waals surface area contributed by atoms with E-state index >= 15 is 0 Å². The molecule has 2 aliphatic carbocycles. The van der Waals surface area contributed by atoms with Crippen molar-refractivity contribution < 1.29 is 9.50 Å². The van der Waals surface area contributed by atoms with Gasteiger partial charge in [0.15, 0.2) is 0 Å². The molecule has 2 fully saturated rings. The van der Waals surface area contributed by atoms with Crippen LogP contribution < -0.4 is 0 Å². The molecule has 0 amide bonds. The van der Waals surface area contributed by atoms with Gasteiger partial charge in [0, 0.05) is 6.42 Å². The van der Waals surface area contributed by atoms with Gasteiger partial charge in [0.1, 0.15) is 5.82 Å². The Morgan fingerprint density at radius 1 is 1.20 bits per heavy atom. The van der Waals surface area contributed by atoms with E-state index < -0.39 is 5.60 Å². The SMILES string of the molecule is OC1(Cc2ccc(F)cc2)C2CCCC21. The molecule has 1 aromatic rings. The van der Waals surface area contributed by atoms with Crippen molar-refractivity contribution in [1.82, 2.24) is 0 Å². The van der Waals surface area contributed by atoms with E-state index in [-0.39, 0.29) is 5.82 Å². The van der Waals surface area contributed by atoms with E-state index in [0.29, 0.717) is 18.3 Å². The Bertz CT molecular complexity index is 361. The fourth-order valence-corrected chi connectivity index (χ4v) is 3.24. The molecule has 0 aliphatic heterocycles. The van der Waals surface area contributed by atoms with Crippen molar-refractivity contribution in [3.8, 4) is 0 Å². The molecule has 0 radical (unpaired) electrons. The molecule has 1 N–H and O–H groups in total. The van der Waals surface area contributed by atoms with Gasteiger partial charge in [-0.3, -0.25) is 0 Å². The van der Waals surface area contributed by atoms with Crippen LogP contribution in [0.25, 0.3) is 0 Å². The Morgan fingerprint density at radius 3 is 2.40 bits per heavy atom. The van der Waals surface area contributed by atoms with Gasteiger partial charge in [-0.2, -0.15) is 0 Å². The average molecular weight is 206 g/mol. The predicted octanol–water partition coefficient (Wildman–Crippen LogP) is 2.53. The van der Waals surface area contributed by atoms with E-state index in [9.17, 15) is 9.50 Å². The van der Waals surface area contributed by atoms with Crippen LogP contribution in [0.3, 0.4) is 0 Å². The Morgan fingerprint density at radius 2 is 1.80 bits per heavy atom. The van der Waals surface area contributed by atoms with E-state index in [1.165, 1.54) is 31.4 Å². The van der Waals surface area contributed by atoms with E-state index in [2.05, 4.69) is 0 Å². The van der Waals surface area contributed by atoms with Crippen molar-refractivity contribution in [2.45, 2.75) is 31.3 Å². The third-order valence-electron chi connectivity index (χ3n) is 4.09. The van der Waals surface area contributed by atoms with Crippen LogP contribution in [-0.4, -0.2) is 10.7 Å². The molecule has 2 aliphatic rings. The molecule has 3 rings (SSSR count). The lowest BCUT2D eigenvalue weighted by molar-refractivity contribution is 0.107. The lowest BCUT2D eigenvalue weighted by atomic mass is 9.99. The normalized spacial score (nSPS) is 37.7. The number of halogens is 1. The van der Waals surface area contributed by atoms with Crippen LogP contribution >= 0.6 is 0 Å². The molecular formula is C13H15FO. The van der Waals surface area contributed by atoms with Crippen LogP contribution in [-0.2, 0) is 6.42 Å². The molecule has 15 heavy (non-hydrogen) atoms. The Hall–Kier alpha value is -0.890. The first-order chi connectivity index (χ1) is 7.20. The largest absolute Gasteiger partial charge is 0.389 e. The van der Waals surface area contributed by atoms with Crippen LogP contribution in [0.4, 0.5) is 4.39 Å². The van der Waals surface area contributed by atoms with E-state index in [1.807, 2.05) is 0 Å². The highest BCUT2D eigenvalue weighted by atomic mass is 19.1. The molecular weight excluding hydrogens is 191 g/mol. The first-order valence-electron chi connectivity index (χ1n) is 5.67.